The largest absolute Gasteiger partial charge is 0.420 e. The van der Waals surface area contributed by atoms with Crippen molar-refractivity contribution in [3.8, 4) is 5.75 Å². The van der Waals surface area contributed by atoms with Crippen molar-refractivity contribution in [3.63, 3.8) is 0 Å². The highest BCUT2D eigenvalue weighted by molar-refractivity contribution is 7.89. The summed E-state index contributed by atoms with van der Waals surface area (Å²) in [4.78, 5) is 14.4. The SMILES string of the molecule is O=C(Oc1c(Cl)cc(/C=N\NS(=O)(=O)c2ccccc2)cc1Cl)c1ccccc1. The first-order valence-electron chi connectivity index (χ1n) is 8.23. The molecule has 0 radical (unpaired) electrons. The van der Waals surface area contributed by atoms with Crippen LogP contribution in [0, 0.1) is 0 Å². The van der Waals surface area contributed by atoms with Crippen LogP contribution in [0.3, 0.4) is 0 Å². The van der Waals surface area contributed by atoms with Gasteiger partial charge in [0.1, 0.15) is 0 Å². The molecule has 0 amide bonds. The Balaban J connectivity index is 1.74. The molecular formula is C20H14Cl2N2O4S. The third-order valence-electron chi connectivity index (χ3n) is 3.66. The second kappa shape index (κ2) is 9.09. The fourth-order valence-corrected chi connectivity index (χ4v) is 3.69. The molecule has 3 rings (SSSR count). The molecule has 0 aliphatic carbocycles. The zero-order valence-electron chi connectivity index (χ0n) is 14.7. The molecule has 0 heterocycles. The van der Waals surface area contributed by atoms with Gasteiger partial charge in [0.15, 0.2) is 5.75 Å². The molecule has 6 nitrogen and oxygen atoms in total. The molecule has 3 aromatic carbocycles. The predicted molar refractivity (Wildman–Crippen MR) is 112 cm³/mol. The van der Waals surface area contributed by atoms with Crippen LogP contribution in [0.5, 0.6) is 5.75 Å². The van der Waals surface area contributed by atoms with Gasteiger partial charge < -0.3 is 4.74 Å². The number of carbonyl (C=O) groups is 1. The van der Waals surface area contributed by atoms with Crippen LogP contribution < -0.4 is 9.57 Å². The van der Waals surface area contributed by atoms with E-state index in [4.69, 9.17) is 27.9 Å². The van der Waals surface area contributed by atoms with Crippen LogP contribution >= 0.6 is 23.2 Å². The van der Waals surface area contributed by atoms with E-state index >= 15 is 0 Å². The molecule has 0 fully saturated rings. The Morgan fingerprint density at radius 2 is 1.48 bits per heavy atom. The Labute approximate surface area is 177 Å². The third-order valence-corrected chi connectivity index (χ3v) is 5.46. The summed E-state index contributed by atoms with van der Waals surface area (Å²) in [6.07, 6.45) is 1.24. The van der Waals surface area contributed by atoms with Crippen LogP contribution in [0.25, 0.3) is 0 Å². The van der Waals surface area contributed by atoms with E-state index in [1.807, 2.05) is 0 Å². The molecule has 9 heteroatoms. The standard InChI is InChI=1S/C20H14Cl2N2O4S/c21-17-11-14(13-23-24-29(26,27)16-9-5-2-6-10-16)12-18(22)19(17)28-20(25)15-7-3-1-4-8-15/h1-13,24H/b23-13-. The molecule has 29 heavy (non-hydrogen) atoms. The maximum absolute atomic E-state index is 12.2. The Kier molecular flexibility index (Phi) is 6.53. The van der Waals surface area contributed by atoms with Crippen molar-refractivity contribution in [2.24, 2.45) is 5.10 Å². The van der Waals surface area contributed by atoms with E-state index in [0.29, 0.717) is 11.1 Å². The first kappa shape index (κ1) is 20.9. The van der Waals surface area contributed by atoms with Crippen molar-refractivity contribution < 1.29 is 17.9 Å². The van der Waals surface area contributed by atoms with Gasteiger partial charge in [0.2, 0.25) is 0 Å². The first-order valence-corrected chi connectivity index (χ1v) is 10.5. The highest BCUT2D eigenvalue weighted by Crippen LogP contribution is 2.34. The summed E-state index contributed by atoms with van der Waals surface area (Å²) in [5.74, 6) is -0.601. The summed E-state index contributed by atoms with van der Waals surface area (Å²) in [6, 6.07) is 19.1. The third kappa shape index (κ3) is 5.35. The van der Waals surface area contributed by atoms with Crippen molar-refractivity contribution in [1.82, 2.24) is 4.83 Å². The van der Waals surface area contributed by atoms with Crippen LogP contribution in [-0.4, -0.2) is 20.6 Å². The fraction of sp³-hybridized carbons (Fsp3) is 0. The number of nitrogens with zero attached hydrogens (tertiary/aromatic N) is 1. The molecule has 3 aromatic rings. The van der Waals surface area contributed by atoms with Gasteiger partial charge in [0.05, 0.1) is 26.7 Å². The number of sulfonamides is 1. The normalized spacial score (nSPS) is 11.4. The van der Waals surface area contributed by atoms with E-state index < -0.39 is 16.0 Å². The molecule has 0 aliphatic heterocycles. The smallest absolute Gasteiger partial charge is 0.343 e. The van der Waals surface area contributed by atoms with E-state index in [0.717, 1.165) is 0 Å². The van der Waals surface area contributed by atoms with Gasteiger partial charge in [-0.05, 0) is 42.0 Å². The Morgan fingerprint density at radius 3 is 2.07 bits per heavy atom. The second-order valence-corrected chi connectivity index (χ2v) is 8.21. The van der Waals surface area contributed by atoms with Crippen LogP contribution in [0.1, 0.15) is 15.9 Å². The number of hydrazone groups is 1. The van der Waals surface area contributed by atoms with Crippen LogP contribution in [0.2, 0.25) is 10.0 Å². The van der Waals surface area contributed by atoms with E-state index in [-0.39, 0.29) is 20.7 Å². The molecule has 0 spiro atoms. The van der Waals surface area contributed by atoms with Crippen LogP contribution in [0.15, 0.2) is 82.8 Å². The van der Waals surface area contributed by atoms with Crippen molar-refractivity contribution in [2.75, 3.05) is 0 Å². The minimum Gasteiger partial charge on any atom is -0.420 e. The lowest BCUT2D eigenvalue weighted by atomic mass is 10.2. The van der Waals surface area contributed by atoms with Gasteiger partial charge in [-0.3, -0.25) is 0 Å². The number of nitrogens with one attached hydrogen (secondary N) is 1. The van der Waals surface area contributed by atoms with Gasteiger partial charge in [-0.25, -0.2) is 9.63 Å². The second-order valence-electron chi connectivity index (χ2n) is 5.74. The molecule has 0 aromatic heterocycles. The van der Waals surface area contributed by atoms with Crippen LogP contribution in [0.4, 0.5) is 0 Å². The first-order chi connectivity index (χ1) is 13.9. The van der Waals surface area contributed by atoms with E-state index in [1.54, 1.807) is 48.5 Å². The molecule has 148 valence electrons. The van der Waals surface area contributed by atoms with Crippen molar-refractivity contribution in [2.45, 2.75) is 4.90 Å². The molecular weight excluding hydrogens is 435 g/mol. The molecule has 0 saturated carbocycles. The Morgan fingerprint density at radius 1 is 0.931 bits per heavy atom. The van der Waals surface area contributed by atoms with Gasteiger partial charge >= 0.3 is 5.97 Å². The zero-order chi connectivity index (χ0) is 20.9. The number of ether oxygens (including phenoxy) is 1. The summed E-state index contributed by atoms with van der Waals surface area (Å²) >= 11 is 12.3. The molecule has 0 unspecified atom stereocenters. The van der Waals surface area contributed by atoms with Gasteiger partial charge in [0, 0.05) is 0 Å². The number of benzene rings is 3. The highest BCUT2D eigenvalue weighted by Gasteiger charge is 2.15. The summed E-state index contributed by atoms with van der Waals surface area (Å²) in [6.45, 7) is 0. The average molecular weight is 449 g/mol. The van der Waals surface area contributed by atoms with Crippen molar-refractivity contribution in [3.05, 3.63) is 94.0 Å². The summed E-state index contributed by atoms with van der Waals surface area (Å²) in [5.41, 5.74) is 0.760. The highest BCUT2D eigenvalue weighted by atomic mass is 35.5. The molecule has 0 atom stereocenters. The number of halogens is 2. The summed E-state index contributed by atoms with van der Waals surface area (Å²) in [7, 11) is -3.79. The average Bonchev–Trinajstić information content (AvgIpc) is 2.72. The predicted octanol–water partition coefficient (Wildman–Crippen LogP) is 4.53. The number of rotatable bonds is 6. The Hall–Kier alpha value is -2.87. The number of hydrogen-bond donors (Lipinski definition) is 1. The minimum atomic E-state index is -3.79. The maximum Gasteiger partial charge on any atom is 0.343 e. The zero-order valence-corrected chi connectivity index (χ0v) is 17.1. The lowest BCUT2D eigenvalue weighted by Crippen LogP contribution is -2.18. The van der Waals surface area contributed by atoms with E-state index in [9.17, 15) is 13.2 Å². The van der Waals surface area contributed by atoms with E-state index in [2.05, 4.69) is 9.93 Å². The number of carbonyl (C=O) groups excluding carboxylic acids is 1. The summed E-state index contributed by atoms with van der Waals surface area (Å²) < 4.78 is 29.5. The summed E-state index contributed by atoms with van der Waals surface area (Å²) in [5, 5.41) is 3.88. The van der Waals surface area contributed by atoms with Gasteiger partial charge in [-0.15, -0.1) is 0 Å². The molecule has 0 aliphatic rings. The van der Waals surface area contributed by atoms with Gasteiger partial charge in [0.25, 0.3) is 10.0 Å². The lowest BCUT2D eigenvalue weighted by molar-refractivity contribution is 0.0735. The van der Waals surface area contributed by atoms with Crippen molar-refractivity contribution in [1.29, 1.82) is 0 Å². The molecule has 0 saturated heterocycles. The Bertz CT molecular complexity index is 1130. The van der Waals surface area contributed by atoms with Crippen LogP contribution in [-0.2, 0) is 10.0 Å². The fourth-order valence-electron chi connectivity index (χ4n) is 2.30. The molecule has 0 bridgehead atoms. The van der Waals surface area contributed by atoms with Crippen molar-refractivity contribution >= 4 is 45.4 Å². The lowest BCUT2D eigenvalue weighted by Gasteiger charge is -2.09. The minimum absolute atomic E-state index is 0.00389. The quantitative estimate of drug-likeness (QED) is 0.260. The maximum atomic E-state index is 12.2. The molecule has 1 N–H and O–H groups in total. The van der Waals surface area contributed by atoms with Gasteiger partial charge in [-0.2, -0.15) is 13.5 Å². The van der Waals surface area contributed by atoms with E-state index in [1.165, 1.54) is 30.5 Å². The monoisotopic (exact) mass is 448 g/mol. The van der Waals surface area contributed by atoms with Gasteiger partial charge in [-0.1, -0.05) is 59.6 Å². The topological polar surface area (TPSA) is 84.8 Å². The number of hydrogen-bond acceptors (Lipinski definition) is 5. The number of esters is 1.